The summed E-state index contributed by atoms with van der Waals surface area (Å²) in [6.45, 7) is 7.83. The number of nitrogens with zero attached hydrogens (tertiary/aromatic N) is 1. The summed E-state index contributed by atoms with van der Waals surface area (Å²) in [5, 5.41) is 3.67. The molecular weight excluding hydrogens is 544 g/mol. The maximum absolute atomic E-state index is 14.9. The van der Waals surface area contributed by atoms with Gasteiger partial charge in [-0.2, -0.15) is 0 Å². The molecular formula is C36H37ClN2O3. The van der Waals surface area contributed by atoms with E-state index in [0.29, 0.717) is 16.3 Å². The third kappa shape index (κ3) is 4.32. The van der Waals surface area contributed by atoms with E-state index in [2.05, 4.69) is 12.2 Å². The van der Waals surface area contributed by atoms with Crippen molar-refractivity contribution in [1.29, 1.82) is 0 Å². The van der Waals surface area contributed by atoms with Crippen LogP contribution >= 0.6 is 11.6 Å². The number of amides is 1. The molecule has 1 fully saturated rings. The highest BCUT2D eigenvalue weighted by Gasteiger charge is 2.70. The number of rotatable bonds is 7. The number of aryl methyl sites for hydroxylation is 1. The number of nitrogens with one attached hydrogen (secondary N) is 1. The van der Waals surface area contributed by atoms with E-state index in [9.17, 15) is 14.4 Å². The van der Waals surface area contributed by atoms with Crippen molar-refractivity contribution in [1.82, 2.24) is 0 Å². The molecule has 1 N–H and O–H groups in total. The van der Waals surface area contributed by atoms with Gasteiger partial charge in [-0.15, -0.1) is 0 Å². The molecule has 3 heterocycles. The van der Waals surface area contributed by atoms with Crippen molar-refractivity contribution in [3.05, 3.63) is 100 Å². The predicted octanol–water partition coefficient (Wildman–Crippen LogP) is 7.66. The van der Waals surface area contributed by atoms with Crippen molar-refractivity contribution in [3.8, 4) is 0 Å². The van der Waals surface area contributed by atoms with Gasteiger partial charge in [0, 0.05) is 27.4 Å². The molecule has 3 aliphatic heterocycles. The van der Waals surface area contributed by atoms with Gasteiger partial charge in [0.2, 0.25) is 5.91 Å². The summed E-state index contributed by atoms with van der Waals surface area (Å²) in [5.74, 6) is -1.47. The topological polar surface area (TPSA) is 66.5 Å². The molecule has 1 amide bonds. The third-order valence-corrected chi connectivity index (χ3v) is 9.43. The average molecular weight is 581 g/mol. The first kappa shape index (κ1) is 28.4. The van der Waals surface area contributed by atoms with Gasteiger partial charge >= 0.3 is 0 Å². The number of hydrogen-bond donors (Lipinski definition) is 1. The van der Waals surface area contributed by atoms with Crippen LogP contribution in [0.3, 0.4) is 0 Å². The number of unbranched alkanes of at least 4 members (excludes halogenated alkanes) is 2. The van der Waals surface area contributed by atoms with Gasteiger partial charge < -0.3 is 10.2 Å². The van der Waals surface area contributed by atoms with Crippen LogP contribution in [-0.4, -0.2) is 29.6 Å². The highest BCUT2D eigenvalue weighted by Crippen LogP contribution is 2.58. The van der Waals surface area contributed by atoms with E-state index in [1.54, 1.807) is 6.07 Å². The van der Waals surface area contributed by atoms with Crippen LogP contribution in [-0.2, 0) is 21.4 Å². The van der Waals surface area contributed by atoms with Crippen molar-refractivity contribution in [2.45, 2.75) is 70.9 Å². The summed E-state index contributed by atoms with van der Waals surface area (Å²) in [6, 6.07) is 19.5. The lowest BCUT2D eigenvalue weighted by atomic mass is 9.63. The molecule has 0 bridgehead atoms. The molecule has 6 heteroatoms. The highest BCUT2D eigenvalue weighted by atomic mass is 35.5. The number of ketones is 2. The van der Waals surface area contributed by atoms with E-state index in [4.69, 9.17) is 11.6 Å². The maximum atomic E-state index is 14.9. The van der Waals surface area contributed by atoms with Gasteiger partial charge in [0.1, 0.15) is 11.5 Å². The van der Waals surface area contributed by atoms with Crippen LogP contribution in [0.25, 0.3) is 6.08 Å². The first-order chi connectivity index (χ1) is 20.1. The summed E-state index contributed by atoms with van der Waals surface area (Å²) in [6.07, 6.45) is 8.31. The molecule has 5 nitrogen and oxygen atoms in total. The average Bonchev–Trinajstić information content (AvgIpc) is 3.44. The van der Waals surface area contributed by atoms with Gasteiger partial charge in [-0.3, -0.25) is 14.4 Å². The number of carbonyl (C=O) groups excluding carboxylic acids is 3. The first-order valence-electron chi connectivity index (χ1n) is 14.9. The zero-order chi connectivity index (χ0) is 29.8. The number of hydrogen-bond acceptors (Lipinski definition) is 4. The molecule has 0 radical (unpaired) electrons. The van der Waals surface area contributed by atoms with E-state index >= 15 is 0 Å². The second-order valence-corrected chi connectivity index (χ2v) is 13.3. The fourth-order valence-corrected chi connectivity index (χ4v) is 7.37. The lowest BCUT2D eigenvalue weighted by Crippen LogP contribution is -2.51. The molecule has 0 unspecified atom stereocenters. The monoisotopic (exact) mass is 580 g/mol. The summed E-state index contributed by atoms with van der Waals surface area (Å²) in [5.41, 5.74) is 2.74. The van der Waals surface area contributed by atoms with Crippen molar-refractivity contribution >= 4 is 46.5 Å². The Morgan fingerprint density at radius 3 is 2.45 bits per heavy atom. The van der Waals surface area contributed by atoms with Crippen molar-refractivity contribution in [2.75, 3.05) is 10.2 Å². The van der Waals surface area contributed by atoms with Crippen LogP contribution in [0.4, 0.5) is 11.4 Å². The smallest absolute Gasteiger partial charge is 0.238 e. The SMILES string of the molecule is CCCCCc1ccc(C(=O)[C@H]2[C@@H](C(=O)C(C)(C)C)N3c4ccc(Cl)cc4C=C[C@@H]3[C@]23C(=O)Nc2ccccc23)cc1. The number of halogens is 1. The number of Topliss-reactive ketones (excluding diaryl/α,β-unsaturated/α-hetero) is 2. The van der Waals surface area contributed by atoms with Gasteiger partial charge in [-0.05, 0) is 53.8 Å². The number of fused-ring (bicyclic) bond motifs is 6. The summed E-state index contributed by atoms with van der Waals surface area (Å²) in [7, 11) is 0. The second kappa shape index (κ2) is 10.5. The van der Waals surface area contributed by atoms with Crippen LogP contribution in [0.15, 0.2) is 72.8 Å². The number of carbonyl (C=O) groups is 3. The zero-order valence-electron chi connectivity index (χ0n) is 24.6. The summed E-state index contributed by atoms with van der Waals surface area (Å²) >= 11 is 6.38. The Hall–Kier alpha value is -3.70. The molecule has 216 valence electrons. The van der Waals surface area contributed by atoms with E-state index in [-0.39, 0.29) is 17.5 Å². The Bertz CT molecular complexity index is 1600. The molecule has 3 aromatic rings. The minimum Gasteiger partial charge on any atom is -0.352 e. The molecule has 42 heavy (non-hydrogen) atoms. The van der Waals surface area contributed by atoms with E-state index < -0.39 is 28.8 Å². The van der Waals surface area contributed by atoms with Gasteiger partial charge in [0.05, 0.1) is 12.0 Å². The van der Waals surface area contributed by atoms with Crippen LogP contribution in [0.5, 0.6) is 0 Å². The maximum Gasteiger partial charge on any atom is 0.238 e. The fraction of sp³-hybridized carbons (Fsp3) is 0.361. The van der Waals surface area contributed by atoms with Crippen molar-refractivity contribution in [3.63, 3.8) is 0 Å². The minimum atomic E-state index is -1.30. The van der Waals surface area contributed by atoms with Crippen molar-refractivity contribution in [2.24, 2.45) is 11.3 Å². The Balaban J connectivity index is 1.57. The molecule has 0 aromatic heterocycles. The number of anilines is 2. The second-order valence-electron chi connectivity index (χ2n) is 12.8. The van der Waals surface area contributed by atoms with Crippen molar-refractivity contribution < 1.29 is 14.4 Å². The Morgan fingerprint density at radius 1 is 1.00 bits per heavy atom. The van der Waals surface area contributed by atoms with Crippen LogP contribution in [0, 0.1) is 11.3 Å². The molecule has 0 aliphatic carbocycles. The van der Waals surface area contributed by atoms with Crippen LogP contribution in [0.2, 0.25) is 5.02 Å². The highest BCUT2D eigenvalue weighted by molar-refractivity contribution is 6.31. The lowest BCUT2D eigenvalue weighted by molar-refractivity contribution is -0.128. The van der Waals surface area contributed by atoms with Crippen LogP contribution < -0.4 is 10.2 Å². The standard InChI is InChI=1S/C36H37ClN2O3/c1-5-6-7-10-22-13-15-23(16-14-22)32(40)30-31(33(41)35(2,3)4)39-28-19-18-25(37)21-24(28)17-20-29(39)36(30)26-11-8-9-12-27(26)38-34(36)42/h8-9,11-21,29-31H,5-7,10H2,1-4H3,(H,38,42)/t29-,30-,31+,36+/m1/s1. The van der Waals surface area contributed by atoms with Gasteiger partial charge in [0.25, 0.3) is 0 Å². The lowest BCUT2D eigenvalue weighted by Gasteiger charge is -2.38. The largest absolute Gasteiger partial charge is 0.352 e. The van der Waals surface area contributed by atoms with Crippen LogP contribution in [0.1, 0.15) is 74.0 Å². The first-order valence-corrected chi connectivity index (χ1v) is 15.3. The molecule has 3 aliphatic rings. The zero-order valence-corrected chi connectivity index (χ0v) is 25.4. The fourth-order valence-electron chi connectivity index (χ4n) is 7.19. The molecule has 0 saturated carbocycles. The van der Waals surface area contributed by atoms with E-state index in [0.717, 1.165) is 42.5 Å². The van der Waals surface area contributed by atoms with Gasteiger partial charge in [-0.1, -0.05) is 107 Å². The quantitative estimate of drug-likeness (QED) is 0.230. The third-order valence-electron chi connectivity index (χ3n) is 9.19. The van der Waals surface area contributed by atoms with E-state index in [1.807, 2.05) is 98.5 Å². The summed E-state index contributed by atoms with van der Waals surface area (Å²) in [4.78, 5) is 45.8. The molecule has 3 aromatic carbocycles. The summed E-state index contributed by atoms with van der Waals surface area (Å²) < 4.78 is 0. The predicted molar refractivity (Wildman–Crippen MR) is 169 cm³/mol. The Kier molecular flexibility index (Phi) is 7.13. The normalized spacial score (nSPS) is 23.9. The van der Waals surface area contributed by atoms with Gasteiger partial charge in [-0.25, -0.2) is 0 Å². The van der Waals surface area contributed by atoms with E-state index in [1.165, 1.54) is 5.56 Å². The molecule has 1 saturated heterocycles. The minimum absolute atomic E-state index is 0.0766. The number of para-hydroxylation sites is 1. The Labute approximate surface area is 253 Å². The molecule has 1 spiro atoms. The van der Waals surface area contributed by atoms with Gasteiger partial charge in [0.15, 0.2) is 11.6 Å². The Morgan fingerprint density at radius 2 is 1.74 bits per heavy atom. The number of benzene rings is 3. The molecule has 4 atom stereocenters. The molecule has 6 rings (SSSR count).